The molecular formula is C21H16ClF3N2O5S2. The van der Waals surface area contributed by atoms with Gasteiger partial charge in [0.2, 0.25) is 10.0 Å². The number of hydrogen-bond donors (Lipinski definition) is 2. The highest BCUT2D eigenvalue weighted by Crippen LogP contribution is 2.41. The molecule has 2 aromatic carbocycles. The van der Waals surface area contributed by atoms with Crippen LogP contribution >= 0.6 is 22.9 Å². The van der Waals surface area contributed by atoms with Gasteiger partial charge in [-0.3, -0.25) is 4.79 Å². The predicted molar refractivity (Wildman–Crippen MR) is 121 cm³/mol. The van der Waals surface area contributed by atoms with Gasteiger partial charge in [-0.2, -0.15) is 17.9 Å². The number of carboxylic acid groups (broad SMARTS) is 1. The summed E-state index contributed by atoms with van der Waals surface area (Å²) in [6, 6.07) is 7.48. The third kappa shape index (κ3) is 4.50. The van der Waals surface area contributed by atoms with Crippen LogP contribution in [0.5, 0.6) is 0 Å². The van der Waals surface area contributed by atoms with Crippen molar-refractivity contribution in [3.8, 4) is 10.6 Å². The smallest absolute Gasteiger partial charge is 0.435 e. The molecule has 0 saturated carbocycles. The molecule has 34 heavy (non-hydrogen) atoms. The summed E-state index contributed by atoms with van der Waals surface area (Å²) in [4.78, 5) is 14.8. The second-order valence-corrected chi connectivity index (χ2v) is 11.1. The first kappa shape index (κ1) is 24.5. The van der Waals surface area contributed by atoms with Gasteiger partial charge in [0.15, 0.2) is 5.69 Å². The SMILES string of the molecule is CC(C)[C@H](NS(=O)(=O)c1ccc2c(c1)oc1cc(-c3nc(C(F)(F)F)c(Cl)s3)ccc12)C(=O)O. The van der Waals surface area contributed by atoms with E-state index >= 15 is 0 Å². The van der Waals surface area contributed by atoms with Gasteiger partial charge >= 0.3 is 12.1 Å². The maximum Gasteiger partial charge on any atom is 0.435 e. The molecule has 0 aliphatic rings. The largest absolute Gasteiger partial charge is 0.480 e. The first-order valence-corrected chi connectivity index (χ1v) is 12.4. The zero-order chi connectivity index (χ0) is 25.0. The van der Waals surface area contributed by atoms with Crippen molar-refractivity contribution in [3.05, 3.63) is 46.4 Å². The standard InChI is InChI=1S/C21H16ClF3N2O5S2/c1-9(2)16(20(28)29)27-34(30,31)11-4-6-13-12-5-3-10(7-14(12)32-15(13)8-11)19-26-17(18(22)33-19)21(23,24)25/h3-9,16,27H,1-2H3,(H,28,29)/t16-/m0/s1. The summed E-state index contributed by atoms with van der Waals surface area (Å²) in [5.41, 5.74) is -0.299. The number of carbonyl (C=O) groups is 1. The predicted octanol–water partition coefficient (Wildman–Crippen LogP) is 5.77. The number of furan rings is 1. The van der Waals surface area contributed by atoms with Crippen LogP contribution in [0.15, 0.2) is 45.7 Å². The van der Waals surface area contributed by atoms with Crippen LogP contribution in [0, 0.1) is 5.92 Å². The van der Waals surface area contributed by atoms with E-state index in [0.29, 0.717) is 33.3 Å². The molecule has 180 valence electrons. The fraction of sp³-hybridized carbons (Fsp3) is 0.238. The molecule has 0 unspecified atom stereocenters. The van der Waals surface area contributed by atoms with Crippen LogP contribution in [0.2, 0.25) is 4.34 Å². The average molecular weight is 533 g/mol. The average Bonchev–Trinajstić information content (AvgIpc) is 3.30. The van der Waals surface area contributed by atoms with Gasteiger partial charge in [0.1, 0.15) is 26.6 Å². The molecule has 0 saturated heterocycles. The minimum atomic E-state index is -4.68. The van der Waals surface area contributed by atoms with Gasteiger partial charge in [0.05, 0.1) is 4.90 Å². The van der Waals surface area contributed by atoms with Gasteiger partial charge < -0.3 is 9.52 Å². The van der Waals surface area contributed by atoms with Crippen LogP contribution in [0.25, 0.3) is 32.5 Å². The van der Waals surface area contributed by atoms with Gasteiger partial charge in [-0.1, -0.05) is 31.5 Å². The minimum absolute atomic E-state index is 0.0561. The fourth-order valence-electron chi connectivity index (χ4n) is 3.36. The molecule has 2 heterocycles. The Hall–Kier alpha value is -2.67. The molecule has 0 aliphatic carbocycles. The summed E-state index contributed by atoms with van der Waals surface area (Å²) in [5, 5.41) is 10.5. The lowest BCUT2D eigenvalue weighted by atomic mass is 10.1. The monoisotopic (exact) mass is 532 g/mol. The Morgan fingerprint density at radius 2 is 1.76 bits per heavy atom. The lowest BCUT2D eigenvalue weighted by Gasteiger charge is -2.17. The van der Waals surface area contributed by atoms with Gasteiger partial charge in [0, 0.05) is 22.4 Å². The van der Waals surface area contributed by atoms with Gasteiger partial charge in [-0.25, -0.2) is 13.4 Å². The Kier molecular flexibility index (Phi) is 6.13. The lowest BCUT2D eigenvalue weighted by molar-refractivity contribution is -0.141. The molecule has 0 aliphatic heterocycles. The van der Waals surface area contributed by atoms with E-state index in [4.69, 9.17) is 16.0 Å². The number of rotatable bonds is 6. The summed E-state index contributed by atoms with van der Waals surface area (Å²) in [5.74, 6) is -1.79. The maximum absolute atomic E-state index is 13.0. The quantitative estimate of drug-likeness (QED) is 0.326. The Morgan fingerprint density at radius 1 is 1.15 bits per heavy atom. The molecule has 0 fully saturated rings. The zero-order valence-corrected chi connectivity index (χ0v) is 19.9. The number of nitrogens with zero attached hydrogens (tertiary/aromatic N) is 1. The summed E-state index contributed by atoms with van der Waals surface area (Å²) in [7, 11) is -4.17. The second kappa shape index (κ2) is 8.52. The molecule has 0 bridgehead atoms. The first-order valence-electron chi connectivity index (χ1n) is 9.73. The molecule has 4 aromatic rings. The highest BCUT2D eigenvalue weighted by atomic mass is 35.5. The van der Waals surface area contributed by atoms with Crippen LogP contribution in [-0.4, -0.2) is 30.5 Å². The normalized spacial score (nSPS) is 13.7. The molecule has 2 aromatic heterocycles. The minimum Gasteiger partial charge on any atom is -0.480 e. The van der Waals surface area contributed by atoms with Crippen molar-refractivity contribution in [2.24, 2.45) is 5.92 Å². The molecule has 0 spiro atoms. The number of aliphatic carboxylic acids is 1. The fourth-order valence-corrected chi connectivity index (χ4v) is 5.90. The molecule has 1 atom stereocenters. The summed E-state index contributed by atoms with van der Waals surface area (Å²) >= 11 is 6.39. The van der Waals surface area contributed by atoms with Gasteiger partial charge in [-0.05, 0) is 30.2 Å². The zero-order valence-electron chi connectivity index (χ0n) is 17.5. The first-order chi connectivity index (χ1) is 15.8. The van der Waals surface area contributed by atoms with Crippen molar-refractivity contribution in [1.29, 1.82) is 0 Å². The number of thiazole rings is 1. The number of sulfonamides is 1. The number of halogens is 4. The van der Waals surface area contributed by atoms with E-state index < -0.39 is 44.2 Å². The second-order valence-electron chi connectivity index (χ2n) is 7.79. The molecule has 4 rings (SSSR count). The maximum atomic E-state index is 13.0. The van der Waals surface area contributed by atoms with E-state index in [0.717, 1.165) is 0 Å². The number of nitrogens with one attached hydrogen (secondary N) is 1. The number of aromatic nitrogens is 1. The van der Waals surface area contributed by atoms with Crippen molar-refractivity contribution in [2.75, 3.05) is 0 Å². The Balaban J connectivity index is 1.74. The highest BCUT2D eigenvalue weighted by Gasteiger charge is 2.37. The van der Waals surface area contributed by atoms with E-state index in [1.54, 1.807) is 26.0 Å². The third-order valence-electron chi connectivity index (χ3n) is 5.07. The summed E-state index contributed by atoms with van der Waals surface area (Å²) in [6.07, 6.45) is -4.68. The Labute approximate surface area is 200 Å². The van der Waals surface area contributed by atoms with E-state index in [-0.39, 0.29) is 15.5 Å². The highest BCUT2D eigenvalue weighted by molar-refractivity contribution is 7.89. The molecule has 0 radical (unpaired) electrons. The topological polar surface area (TPSA) is 110 Å². The molecule has 13 heteroatoms. The van der Waals surface area contributed by atoms with E-state index in [1.165, 1.54) is 24.3 Å². The molecular weight excluding hydrogens is 517 g/mol. The van der Waals surface area contributed by atoms with Crippen LogP contribution < -0.4 is 4.72 Å². The van der Waals surface area contributed by atoms with E-state index in [2.05, 4.69) is 9.71 Å². The number of benzene rings is 2. The van der Waals surface area contributed by atoms with Crippen molar-refractivity contribution in [2.45, 2.75) is 31.0 Å². The van der Waals surface area contributed by atoms with E-state index in [9.17, 15) is 31.5 Å². The number of hydrogen-bond acceptors (Lipinski definition) is 6. The molecule has 7 nitrogen and oxygen atoms in total. The number of carboxylic acids is 1. The summed E-state index contributed by atoms with van der Waals surface area (Å²) < 4.78 is 72.0. The molecule has 0 amide bonds. The van der Waals surface area contributed by atoms with Crippen LogP contribution in [0.1, 0.15) is 19.5 Å². The lowest BCUT2D eigenvalue weighted by Crippen LogP contribution is -2.44. The van der Waals surface area contributed by atoms with Crippen molar-refractivity contribution >= 4 is 60.9 Å². The number of alkyl halides is 3. The van der Waals surface area contributed by atoms with Crippen LogP contribution in [-0.2, 0) is 21.0 Å². The van der Waals surface area contributed by atoms with Crippen molar-refractivity contribution < 1.29 is 35.9 Å². The van der Waals surface area contributed by atoms with Crippen molar-refractivity contribution in [1.82, 2.24) is 9.71 Å². The third-order valence-corrected chi connectivity index (χ3v) is 7.81. The van der Waals surface area contributed by atoms with E-state index in [1.807, 2.05) is 0 Å². The Bertz CT molecular complexity index is 1530. The van der Waals surface area contributed by atoms with Gasteiger partial charge in [0.25, 0.3) is 0 Å². The van der Waals surface area contributed by atoms with Crippen LogP contribution in [0.3, 0.4) is 0 Å². The summed E-state index contributed by atoms with van der Waals surface area (Å²) in [6.45, 7) is 3.16. The van der Waals surface area contributed by atoms with Gasteiger partial charge in [-0.15, -0.1) is 11.3 Å². The Morgan fingerprint density at radius 3 is 2.32 bits per heavy atom. The van der Waals surface area contributed by atoms with Crippen LogP contribution in [0.4, 0.5) is 13.2 Å². The molecule has 2 N–H and O–H groups in total. The number of fused-ring (bicyclic) bond motifs is 3. The van der Waals surface area contributed by atoms with Crippen molar-refractivity contribution in [3.63, 3.8) is 0 Å².